The quantitative estimate of drug-likeness (QED) is 0.611. The van der Waals surface area contributed by atoms with Crippen LogP contribution in [0.15, 0.2) is 12.4 Å². The highest BCUT2D eigenvalue weighted by molar-refractivity contribution is 7.86. The molecule has 2 saturated carbocycles. The Morgan fingerprint density at radius 1 is 1.20 bits per heavy atom. The molecule has 3 fully saturated rings. The third-order valence-electron chi connectivity index (χ3n) is 6.35. The zero-order valence-corrected chi connectivity index (χ0v) is 18.0. The number of anilines is 1. The fraction of sp³-hybridized carbons (Fsp3) is 0.737. The lowest BCUT2D eigenvalue weighted by Crippen LogP contribution is -2.45. The molecule has 4 N–H and O–H groups in total. The number of aromatic nitrogens is 2. The van der Waals surface area contributed by atoms with Gasteiger partial charge in [-0.1, -0.05) is 0 Å². The SMILES string of the molecule is CC1(NC(=O)O[C@H]2CC[C@@H](c3cnc(NC4CCN(S(N)(=O)=O)CC4)nc3)C2)CC1. The predicted molar refractivity (Wildman–Crippen MR) is 111 cm³/mol. The van der Waals surface area contributed by atoms with Gasteiger partial charge in [0.1, 0.15) is 6.10 Å². The van der Waals surface area contributed by atoms with E-state index in [1.54, 1.807) is 0 Å². The Kier molecular flexibility index (Phi) is 5.86. The number of alkyl carbamates (subject to hydrolysis) is 1. The molecular formula is C19H30N6O4S. The van der Waals surface area contributed by atoms with Crippen LogP contribution >= 0.6 is 0 Å². The summed E-state index contributed by atoms with van der Waals surface area (Å²) in [6.07, 6.45) is 9.18. The maximum atomic E-state index is 12.0. The van der Waals surface area contributed by atoms with E-state index in [1.165, 1.54) is 4.31 Å². The molecule has 0 radical (unpaired) electrons. The molecule has 0 aromatic carbocycles. The van der Waals surface area contributed by atoms with Crippen molar-refractivity contribution in [1.82, 2.24) is 19.6 Å². The zero-order valence-electron chi connectivity index (χ0n) is 17.2. The molecule has 1 aromatic heterocycles. The Balaban J connectivity index is 1.23. The molecule has 0 unspecified atom stereocenters. The van der Waals surface area contributed by atoms with Gasteiger partial charge in [0.15, 0.2) is 0 Å². The maximum Gasteiger partial charge on any atom is 0.407 e. The van der Waals surface area contributed by atoms with Gasteiger partial charge in [-0.25, -0.2) is 19.9 Å². The van der Waals surface area contributed by atoms with Crippen molar-refractivity contribution in [3.63, 3.8) is 0 Å². The van der Waals surface area contributed by atoms with Gasteiger partial charge >= 0.3 is 6.09 Å². The first kappa shape index (κ1) is 21.3. The van der Waals surface area contributed by atoms with Gasteiger partial charge in [0.2, 0.25) is 5.95 Å². The van der Waals surface area contributed by atoms with E-state index in [4.69, 9.17) is 9.88 Å². The van der Waals surface area contributed by atoms with Crippen LogP contribution in [-0.4, -0.2) is 59.6 Å². The molecule has 2 heterocycles. The third kappa shape index (κ3) is 5.38. The number of carbonyl (C=O) groups excluding carboxylic acids is 1. The molecule has 1 aliphatic heterocycles. The summed E-state index contributed by atoms with van der Waals surface area (Å²) in [5.41, 5.74) is 0.978. The number of hydrogen-bond donors (Lipinski definition) is 3. The van der Waals surface area contributed by atoms with Gasteiger partial charge in [-0.05, 0) is 63.4 Å². The van der Waals surface area contributed by atoms with Crippen molar-refractivity contribution in [3.8, 4) is 0 Å². The van der Waals surface area contributed by atoms with Gasteiger partial charge in [-0.2, -0.15) is 12.7 Å². The molecule has 166 valence electrons. The number of carbonyl (C=O) groups is 1. The number of amides is 1. The Bertz CT molecular complexity index is 866. The van der Waals surface area contributed by atoms with Crippen molar-refractivity contribution in [2.75, 3.05) is 18.4 Å². The van der Waals surface area contributed by atoms with E-state index < -0.39 is 10.2 Å². The largest absolute Gasteiger partial charge is 0.446 e. The van der Waals surface area contributed by atoms with Crippen molar-refractivity contribution < 1.29 is 17.9 Å². The summed E-state index contributed by atoms with van der Waals surface area (Å²) in [6, 6.07) is 0.116. The first-order valence-electron chi connectivity index (χ1n) is 10.6. The van der Waals surface area contributed by atoms with E-state index in [2.05, 4.69) is 20.6 Å². The molecule has 10 nitrogen and oxygen atoms in total. The normalized spacial score (nSPS) is 26.9. The lowest BCUT2D eigenvalue weighted by Gasteiger charge is -2.30. The summed E-state index contributed by atoms with van der Waals surface area (Å²) in [5.74, 6) is 0.821. The van der Waals surface area contributed by atoms with E-state index in [1.807, 2.05) is 19.3 Å². The summed E-state index contributed by atoms with van der Waals surface area (Å²) in [7, 11) is -3.62. The van der Waals surface area contributed by atoms with Gasteiger partial charge in [0, 0.05) is 37.1 Å². The number of nitrogens with two attached hydrogens (primary N) is 1. The highest BCUT2D eigenvalue weighted by atomic mass is 32.2. The highest BCUT2D eigenvalue weighted by Crippen LogP contribution is 2.37. The Morgan fingerprint density at radius 3 is 2.47 bits per heavy atom. The van der Waals surface area contributed by atoms with Crippen LogP contribution in [-0.2, 0) is 14.9 Å². The number of piperidine rings is 1. The van der Waals surface area contributed by atoms with Gasteiger partial charge in [0.05, 0.1) is 0 Å². The standard InChI is InChI=1S/C19H30N6O4S/c1-19(6-7-19)24-18(26)29-16-3-2-13(10-16)14-11-21-17(22-12-14)23-15-4-8-25(9-5-15)30(20,27)28/h11-13,15-16H,2-10H2,1H3,(H,24,26)(H2,20,27,28)(H,21,22,23)/t13-,16+/m1/s1. The number of hydrogen-bond acceptors (Lipinski definition) is 7. The molecule has 3 aliphatic rings. The van der Waals surface area contributed by atoms with Crippen molar-refractivity contribution in [2.45, 2.75) is 75.5 Å². The summed E-state index contributed by atoms with van der Waals surface area (Å²) in [4.78, 5) is 20.9. The molecule has 30 heavy (non-hydrogen) atoms. The average Bonchev–Trinajstić information content (AvgIpc) is 3.22. The van der Waals surface area contributed by atoms with Crippen LogP contribution in [0.3, 0.4) is 0 Å². The number of nitrogens with zero attached hydrogens (tertiary/aromatic N) is 3. The lowest BCUT2D eigenvalue weighted by molar-refractivity contribution is 0.0967. The molecular weight excluding hydrogens is 408 g/mol. The minimum Gasteiger partial charge on any atom is -0.446 e. The van der Waals surface area contributed by atoms with Gasteiger partial charge < -0.3 is 15.4 Å². The Morgan fingerprint density at radius 2 is 1.87 bits per heavy atom. The van der Waals surface area contributed by atoms with Crippen LogP contribution in [0.25, 0.3) is 0 Å². The molecule has 11 heteroatoms. The minimum absolute atomic E-state index is 0.0685. The number of ether oxygens (including phenoxy) is 1. The van der Waals surface area contributed by atoms with E-state index in [0.29, 0.717) is 31.9 Å². The molecule has 1 amide bonds. The molecule has 2 aliphatic carbocycles. The first-order valence-corrected chi connectivity index (χ1v) is 12.1. The van der Waals surface area contributed by atoms with E-state index in [-0.39, 0.29) is 29.7 Å². The molecule has 0 spiro atoms. The fourth-order valence-electron chi connectivity index (χ4n) is 4.15. The zero-order chi connectivity index (χ0) is 21.4. The smallest absolute Gasteiger partial charge is 0.407 e. The predicted octanol–water partition coefficient (Wildman–Crippen LogP) is 1.47. The van der Waals surface area contributed by atoms with Gasteiger partial charge in [0.25, 0.3) is 10.2 Å². The monoisotopic (exact) mass is 438 g/mol. The molecule has 1 saturated heterocycles. The van der Waals surface area contributed by atoms with Gasteiger partial charge in [-0.15, -0.1) is 0 Å². The minimum atomic E-state index is -3.62. The molecule has 4 rings (SSSR count). The molecule has 1 aromatic rings. The summed E-state index contributed by atoms with van der Waals surface area (Å²) in [6.45, 7) is 2.82. The van der Waals surface area contributed by atoms with Gasteiger partial charge in [-0.3, -0.25) is 0 Å². The van der Waals surface area contributed by atoms with Crippen molar-refractivity contribution in [2.24, 2.45) is 5.14 Å². The lowest BCUT2D eigenvalue weighted by atomic mass is 10.0. The fourth-order valence-corrected chi connectivity index (χ4v) is 4.87. The molecule has 0 bridgehead atoms. The highest BCUT2D eigenvalue weighted by Gasteiger charge is 2.40. The first-order chi connectivity index (χ1) is 14.2. The van der Waals surface area contributed by atoms with Crippen LogP contribution in [0.5, 0.6) is 0 Å². The van der Waals surface area contributed by atoms with E-state index in [0.717, 1.165) is 37.7 Å². The topological polar surface area (TPSA) is 140 Å². The van der Waals surface area contributed by atoms with Crippen LogP contribution in [0.2, 0.25) is 0 Å². The number of rotatable bonds is 6. The Labute approximate surface area is 177 Å². The summed E-state index contributed by atoms with van der Waals surface area (Å²) in [5, 5.41) is 11.4. The Hall–Kier alpha value is -1.98. The van der Waals surface area contributed by atoms with Crippen LogP contribution in [0, 0.1) is 0 Å². The second-order valence-corrected chi connectivity index (χ2v) is 10.5. The van der Waals surface area contributed by atoms with Crippen molar-refractivity contribution in [1.29, 1.82) is 0 Å². The maximum absolute atomic E-state index is 12.0. The molecule has 2 atom stereocenters. The van der Waals surface area contributed by atoms with Crippen LogP contribution in [0.1, 0.15) is 63.4 Å². The number of nitrogens with one attached hydrogen (secondary N) is 2. The summed E-state index contributed by atoms with van der Waals surface area (Å²) < 4.78 is 29.6. The van der Waals surface area contributed by atoms with E-state index in [9.17, 15) is 13.2 Å². The van der Waals surface area contributed by atoms with Crippen LogP contribution in [0.4, 0.5) is 10.7 Å². The average molecular weight is 439 g/mol. The summed E-state index contributed by atoms with van der Waals surface area (Å²) >= 11 is 0. The van der Waals surface area contributed by atoms with E-state index >= 15 is 0 Å². The van der Waals surface area contributed by atoms with Crippen LogP contribution < -0.4 is 15.8 Å². The third-order valence-corrected chi connectivity index (χ3v) is 7.44. The van der Waals surface area contributed by atoms with Crippen molar-refractivity contribution >= 4 is 22.3 Å². The second-order valence-electron chi connectivity index (χ2n) is 8.93. The second kappa shape index (κ2) is 8.27. The van der Waals surface area contributed by atoms with Crippen molar-refractivity contribution in [3.05, 3.63) is 18.0 Å².